The molecule has 0 radical (unpaired) electrons. The van der Waals surface area contributed by atoms with Crippen LogP contribution >= 0.6 is 0 Å². The third-order valence-electron chi connectivity index (χ3n) is 5.10. The lowest BCUT2D eigenvalue weighted by Gasteiger charge is -2.28. The van der Waals surface area contributed by atoms with Crippen molar-refractivity contribution >= 4 is 0 Å². The van der Waals surface area contributed by atoms with Crippen LogP contribution in [-0.4, -0.2) is 31.6 Å². The minimum absolute atomic E-state index is 0.0227. The van der Waals surface area contributed by atoms with E-state index < -0.39 is 11.7 Å². The molecule has 1 aromatic heterocycles. The first-order valence-corrected chi connectivity index (χ1v) is 9.23. The summed E-state index contributed by atoms with van der Waals surface area (Å²) in [4.78, 5) is 21.7. The Morgan fingerprint density at radius 3 is 2.50 bits per heavy atom. The molecule has 6 nitrogen and oxygen atoms in total. The highest BCUT2D eigenvalue weighted by molar-refractivity contribution is 5.56. The van der Waals surface area contributed by atoms with Gasteiger partial charge in [-0.15, -0.1) is 0 Å². The number of rotatable bonds is 3. The predicted octanol–water partition coefficient (Wildman–Crippen LogP) is 3.43. The second kappa shape index (κ2) is 7.49. The summed E-state index contributed by atoms with van der Waals surface area (Å²) in [5, 5.41) is 19.4. The number of hydrogen-bond acceptors (Lipinski definition) is 5. The van der Waals surface area contributed by atoms with Crippen LogP contribution < -0.4 is 5.56 Å². The summed E-state index contributed by atoms with van der Waals surface area (Å²) in [6.45, 7) is 1.31. The molecule has 0 bridgehead atoms. The van der Waals surface area contributed by atoms with E-state index >= 15 is 0 Å². The van der Waals surface area contributed by atoms with Crippen molar-refractivity contribution in [3.05, 3.63) is 75.2 Å². The number of aromatic amines is 1. The zero-order chi connectivity index (χ0) is 21.5. The molecule has 0 saturated heterocycles. The van der Waals surface area contributed by atoms with E-state index in [1.807, 2.05) is 4.90 Å². The summed E-state index contributed by atoms with van der Waals surface area (Å²) in [6.07, 6.45) is -3.93. The molecule has 3 N–H and O–H groups in total. The smallest absolute Gasteiger partial charge is 0.416 e. The van der Waals surface area contributed by atoms with E-state index in [9.17, 15) is 28.2 Å². The van der Waals surface area contributed by atoms with E-state index in [1.54, 1.807) is 6.07 Å². The number of phenols is 2. The highest BCUT2D eigenvalue weighted by atomic mass is 19.4. The van der Waals surface area contributed by atoms with E-state index in [0.717, 1.165) is 12.1 Å². The summed E-state index contributed by atoms with van der Waals surface area (Å²) in [5.74, 6) is 0.180. The van der Waals surface area contributed by atoms with Crippen LogP contribution in [0.1, 0.15) is 22.4 Å². The van der Waals surface area contributed by atoms with Crippen LogP contribution in [-0.2, 0) is 25.7 Å². The molecule has 0 spiro atoms. The van der Waals surface area contributed by atoms with Gasteiger partial charge >= 0.3 is 6.18 Å². The number of benzene rings is 2. The molecule has 3 aromatic rings. The maximum atomic E-state index is 12.7. The second-order valence-corrected chi connectivity index (χ2v) is 7.19. The number of aromatic nitrogens is 2. The number of alkyl halides is 3. The third-order valence-corrected chi connectivity index (χ3v) is 5.10. The molecule has 0 atom stereocenters. The first-order chi connectivity index (χ1) is 14.2. The van der Waals surface area contributed by atoms with Crippen molar-refractivity contribution in [1.29, 1.82) is 0 Å². The van der Waals surface area contributed by atoms with Gasteiger partial charge in [-0.25, -0.2) is 4.98 Å². The molecule has 0 fully saturated rings. The van der Waals surface area contributed by atoms with Crippen LogP contribution in [0.2, 0.25) is 0 Å². The molecule has 1 aliphatic heterocycles. The monoisotopic (exact) mass is 417 g/mol. The second-order valence-electron chi connectivity index (χ2n) is 7.19. The quantitative estimate of drug-likeness (QED) is 0.608. The molecular formula is C21H18F3N3O3. The molecule has 156 valence electrons. The van der Waals surface area contributed by atoms with E-state index in [-0.39, 0.29) is 22.9 Å². The number of aromatic hydroxyl groups is 2. The normalized spacial score (nSPS) is 14.5. The van der Waals surface area contributed by atoms with E-state index in [0.29, 0.717) is 48.4 Å². The van der Waals surface area contributed by atoms with Gasteiger partial charge in [-0.3, -0.25) is 9.69 Å². The molecular weight excluding hydrogens is 399 g/mol. The largest absolute Gasteiger partial charge is 0.508 e. The zero-order valence-electron chi connectivity index (χ0n) is 15.7. The van der Waals surface area contributed by atoms with Crippen LogP contribution in [0.15, 0.2) is 47.3 Å². The Labute approximate surface area is 169 Å². The van der Waals surface area contributed by atoms with Crippen molar-refractivity contribution in [1.82, 2.24) is 14.9 Å². The molecule has 0 aliphatic carbocycles. The standard InChI is InChI=1S/C21H18F3N3O3/c22-21(23,24)14-4-1-12(2-5-14)19-25-17-7-8-27(11-16(17)20(30)26-19)10-13-3-6-15(28)9-18(13)29/h1-6,9,28-29H,7-8,10-11H2,(H,25,26,30). The maximum absolute atomic E-state index is 12.7. The van der Waals surface area contributed by atoms with Gasteiger partial charge in [0.2, 0.25) is 0 Å². The summed E-state index contributed by atoms with van der Waals surface area (Å²) in [5.41, 5.74) is 1.03. The highest BCUT2D eigenvalue weighted by Crippen LogP contribution is 2.30. The Morgan fingerprint density at radius 2 is 1.83 bits per heavy atom. The fourth-order valence-corrected chi connectivity index (χ4v) is 3.50. The Balaban J connectivity index is 1.56. The van der Waals surface area contributed by atoms with Gasteiger partial charge in [0.15, 0.2) is 0 Å². The van der Waals surface area contributed by atoms with Crippen molar-refractivity contribution < 1.29 is 23.4 Å². The van der Waals surface area contributed by atoms with Crippen LogP contribution in [0.5, 0.6) is 11.5 Å². The Hall–Kier alpha value is -3.33. The van der Waals surface area contributed by atoms with Crippen LogP contribution in [0.25, 0.3) is 11.4 Å². The lowest BCUT2D eigenvalue weighted by Crippen LogP contribution is -2.35. The van der Waals surface area contributed by atoms with E-state index in [1.165, 1.54) is 24.3 Å². The maximum Gasteiger partial charge on any atom is 0.416 e. The molecule has 0 saturated carbocycles. The summed E-state index contributed by atoms with van der Waals surface area (Å²) in [7, 11) is 0. The van der Waals surface area contributed by atoms with Gasteiger partial charge in [-0.1, -0.05) is 18.2 Å². The predicted molar refractivity (Wildman–Crippen MR) is 103 cm³/mol. The fourth-order valence-electron chi connectivity index (χ4n) is 3.50. The lowest BCUT2D eigenvalue weighted by atomic mass is 10.0. The molecule has 0 amide bonds. The molecule has 4 rings (SSSR count). The van der Waals surface area contributed by atoms with Gasteiger partial charge in [-0.05, 0) is 18.2 Å². The SMILES string of the molecule is O=c1[nH]c(-c2ccc(C(F)(F)F)cc2)nc2c1CN(Cc1ccc(O)cc1O)CC2. The molecule has 2 aromatic carbocycles. The number of phenolic OH excluding ortho intramolecular Hbond substituents is 2. The Bertz CT molecular complexity index is 1140. The van der Waals surface area contributed by atoms with Crippen LogP contribution in [0.3, 0.4) is 0 Å². The van der Waals surface area contributed by atoms with Gasteiger partial charge < -0.3 is 15.2 Å². The number of fused-ring (bicyclic) bond motifs is 1. The topological polar surface area (TPSA) is 89.5 Å². The lowest BCUT2D eigenvalue weighted by molar-refractivity contribution is -0.137. The van der Waals surface area contributed by atoms with E-state index in [2.05, 4.69) is 9.97 Å². The van der Waals surface area contributed by atoms with Crippen LogP contribution in [0, 0.1) is 0 Å². The Morgan fingerprint density at radius 1 is 1.10 bits per heavy atom. The van der Waals surface area contributed by atoms with Crippen molar-refractivity contribution in [2.45, 2.75) is 25.7 Å². The van der Waals surface area contributed by atoms with Crippen molar-refractivity contribution in [2.24, 2.45) is 0 Å². The molecule has 2 heterocycles. The fraction of sp³-hybridized carbons (Fsp3) is 0.238. The van der Waals surface area contributed by atoms with Crippen molar-refractivity contribution in [2.75, 3.05) is 6.54 Å². The minimum Gasteiger partial charge on any atom is -0.508 e. The van der Waals surface area contributed by atoms with Gasteiger partial charge in [0.25, 0.3) is 5.56 Å². The van der Waals surface area contributed by atoms with Crippen molar-refractivity contribution in [3.63, 3.8) is 0 Å². The van der Waals surface area contributed by atoms with Gasteiger partial charge in [0.1, 0.15) is 17.3 Å². The molecule has 1 aliphatic rings. The third kappa shape index (κ3) is 4.02. The number of halogens is 3. The molecule has 30 heavy (non-hydrogen) atoms. The first kappa shape index (κ1) is 20.0. The summed E-state index contributed by atoms with van der Waals surface area (Å²) < 4.78 is 38.2. The highest BCUT2D eigenvalue weighted by Gasteiger charge is 2.30. The van der Waals surface area contributed by atoms with Gasteiger partial charge in [0, 0.05) is 43.2 Å². The number of H-pyrrole nitrogens is 1. The summed E-state index contributed by atoms with van der Waals surface area (Å²) >= 11 is 0. The van der Waals surface area contributed by atoms with Crippen LogP contribution in [0.4, 0.5) is 13.2 Å². The zero-order valence-corrected chi connectivity index (χ0v) is 15.7. The van der Waals surface area contributed by atoms with Gasteiger partial charge in [-0.2, -0.15) is 13.2 Å². The molecule has 0 unspecified atom stereocenters. The number of hydrogen-bond donors (Lipinski definition) is 3. The van der Waals surface area contributed by atoms with Crippen molar-refractivity contribution in [3.8, 4) is 22.9 Å². The minimum atomic E-state index is -4.43. The Kier molecular flexibility index (Phi) is 4.98. The average Bonchev–Trinajstić information content (AvgIpc) is 2.70. The average molecular weight is 417 g/mol. The number of nitrogens with zero attached hydrogens (tertiary/aromatic N) is 2. The first-order valence-electron chi connectivity index (χ1n) is 9.23. The summed E-state index contributed by atoms with van der Waals surface area (Å²) in [6, 6.07) is 8.86. The number of nitrogens with one attached hydrogen (secondary N) is 1. The van der Waals surface area contributed by atoms with E-state index in [4.69, 9.17) is 0 Å². The van der Waals surface area contributed by atoms with Gasteiger partial charge in [0.05, 0.1) is 16.8 Å². The molecule has 9 heteroatoms.